The van der Waals surface area contributed by atoms with E-state index in [4.69, 9.17) is 9.40 Å². The monoisotopic (exact) mass is 286 g/mol. The van der Waals surface area contributed by atoms with Crippen LogP contribution in [-0.2, 0) is 6.42 Å². The first kappa shape index (κ1) is 13.3. The van der Waals surface area contributed by atoms with Crippen LogP contribution in [0.25, 0.3) is 10.2 Å². The minimum Gasteiger partial charge on any atom is -0.472 e. The van der Waals surface area contributed by atoms with Crippen LogP contribution in [0.2, 0.25) is 0 Å². The molecule has 0 amide bonds. The number of para-hydroxylation sites is 1. The van der Waals surface area contributed by atoms with Gasteiger partial charge in [-0.1, -0.05) is 19.1 Å². The van der Waals surface area contributed by atoms with E-state index in [0.717, 1.165) is 24.9 Å². The van der Waals surface area contributed by atoms with Crippen LogP contribution < -0.4 is 5.32 Å². The largest absolute Gasteiger partial charge is 0.472 e. The highest BCUT2D eigenvalue weighted by Crippen LogP contribution is 2.26. The van der Waals surface area contributed by atoms with Crippen LogP contribution >= 0.6 is 11.3 Å². The summed E-state index contributed by atoms with van der Waals surface area (Å²) in [6, 6.07) is 10.6. The SMILES string of the molecule is CCCNC(Cc1nc2ccccc2s1)c1ccoc1. The van der Waals surface area contributed by atoms with Gasteiger partial charge >= 0.3 is 0 Å². The maximum Gasteiger partial charge on any atom is 0.0957 e. The van der Waals surface area contributed by atoms with Crippen LogP contribution in [0.3, 0.4) is 0 Å². The second-order valence-corrected chi connectivity index (χ2v) is 5.96. The third kappa shape index (κ3) is 2.92. The summed E-state index contributed by atoms with van der Waals surface area (Å²) in [5.74, 6) is 0. The maximum atomic E-state index is 5.22. The van der Waals surface area contributed by atoms with Crippen LogP contribution in [0.4, 0.5) is 0 Å². The van der Waals surface area contributed by atoms with Crippen LogP contribution in [0, 0.1) is 0 Å². The number of fused-ring (bicyclic) bond motifs is 1. The number of nitrogens with zero attached hydrogens (tertiary/aromatic N) is 1. The Morgan fingerprint density at radius 3 is 2.95 bits per heavy atom. The molecule has 3 rings (SSSR count). The Kier molecular flexibility index (Phi) is 4.14. The summed E-state index contributed by atoms with van der Waals surface area (Å²) in [5, 5.41) is 4.74. The summed E-state index contributed by atoms with van der Waals surface area (Å²) < 4.78 is 6.47. The Labute approximate surface area is 122 Å². The third-order valence-corrected chi connectivity index (χ3v) is 4.36. The fourth-order valence-corrected chi connectivity index (χ4v) is 3.29. The average Bonchev–Trinajstić information content (AvgIpc) is 3.11. The fourth-order valence-electron chi connectivity index (χ4n) is 2.28. The molecule has 1 atom stereocenters. The normalized spacial score (nSPS) is 12.8. The molecule has 104 valence electrons. The van der Waals surface area contributed by atoms with E-state index in [2.05, 4.69) is 30.4 Å². The minimum atomic E-state index is 0.272. The number of benzene rings is 1. The zero-order valence-corrected chi connectivity index (χ0v) is 12.3. The molecular weight excluding hydrogens is 268 g/mol. The number of hydrogen-bond acceptors (Lipinski definition) is 4. The van der Waals surface area contributed by atoms with E-state index in [9.17, 15) is 0 Å². The van der Waals surface area contributed by atoms with E-state index < -0.39 is 0 Å². The van der Waals surface area contributed by atoms with Gasteiger partial charge < -0.3 is 9.73 Å². The van der Waals surface area contributed by atoms with E-state index in [1.54, 1.807) is 17.6 Å². The number of hydrogen-bond donors (Lipinski definition) is 1. The summed E-state index contributed by atoms with van der Waals surface area (Å²) in [4.78, 5) is 4.72. The van der Waals surface area contributed by atoms with Crippen LogP contribution in [0.1, 0.15) is 30.0 Å². The molecule has 0 saturated carbocycles. The van der Waals surface area contributed by atoms with Crippen molar-refractivity contribution in [3.8, 4) is 0 Å². The van der Waals surface area contributed by atoms with Crippen LogP contribution in [0.15, 0.2) is 47.3 Å². The summed E-state index contributed by atoms with van der Waals surface area (Å²) in [7, 11) is 0. The molecule has 1 aromatic carbocycles. The molecule has 4 heteroatoms. The van der Waals surface area contributed by atoms with Gasteiger partial charge in [0.15, 0.2) is 0 Å². The van der Waals surface area contributed by atoms with Gasteiger partial charge in [-0.2, -0.15) is 0 Å². The summed E-state index contributed by atoms with van der Waals surface area (Å²) in [6.45, 7) is 3.18. The Bertz CT molecular complexity index is 627. The van der Waals surface area contributed by atoms with E-state index in [-0.39, 0.29) is 6.04 Å². The molecule has 20 heavy (non-hydrogen) atoms. The van der Waals surface area contributed by atoms with E-state index >= 15 is 0 Å². The Balaban J connectivity index is 1.81. The van der Waals surface area contributed by atoms with Gasteiger partial charge in [-0.25, -0.2) is 4.98 Å². The lowest BCUT2D eigenvalue weighted by Crippen LogP contribution is -2.23. The van der Waals surface area contributed by atoms with Gasteiger partial charge in [-0.3, -0.25) is 0 Å². The van der Waals surface area contributed by atoms with E-state index in [0.29, 0.717) is 0 Å². The second-order valence-electron chi connectivity index (χ2n) is 4.84. The molecule has 2 heterocycles. The molecule has 3 nitrogen and oxygen atoms in total. The Morgan fingerprint density at radius 1 is 1.30 bits per heavy atom. The van der Waals surface area contributed by atoms with Crippen molar-refractivity contribution in [2.24, 2.45) is 0 Å². The van der Waals surface area contributed by atoms with Crippen LogP contribution in [0.5, 0.6) is 0 Å². The van der Waals surface area contributed by atoms with Crippen LogP contribution in [-0.4, -0.2) is 11.5 Å². The molecular formula is C16H18N2OS. The average molecular weight is 286 g/mol. The minimum absolute atomic E-state index is 0.272. The molecule has 0 aliphatic rings. The van der Waals surface area contributed by atoms with Gasteiger partial charge in [0.1, 0.15) is 0 Å². The first-order chi connectivity index (χ1) is 9.86. The van der Waals surface area contributed by atoms with Crippen molar-refractivity contribution in [1.82, 2.24) is 10.3 Å². The van der Waals surface area contributed by atoms with Gasteiger partial charge in [0, 0.05) is 18.0 Å². The lowest BCUT2D eigenvalue weighted by molar-refractivity contribution is 0.512. The fraction of sp³-hybridized carbons (Fsp3) is 0.312. The van der Waals surface area contributed by atoms with Crippen molar-refractivity contribution >= 4 is 21.6 Å². The quantitative estimate of drug-likeness (QED) is 0.739. The van der Waals surface area contributed by atoms with Gasteiger partial charge in [-0.15, -0.1) is 11.3 Å². The molecule has 0 bridgehead atoms. The second kappa shape index (κ2) is 6.20. The zero-order chi connectivity index (χ0) is 13.8. The molecule has 3 aromatic rings. The maximum absolute atomic E-state index is 5.22. The van der Waals surface area contributed by atoms with E-state index in [1.807, 2.05) is 18.4 Å². The number of thiazole rings is 1. The Hall–Kier alpha value is -1.65. The van der Waals surface area contributed by atoms with Crippen molar-refractivity contribution in [2.45, 2.75) is 25.8 Å². The molecule has 0 saturated heterocycles. The lowest BCUT2D eigenvalue weighted by Gasteiger charge is -2.15. The molecule has 0 aliphatic heterocycles. The summed E-state index contributed by atoms with van der Waals surface area (Å²) in [6.07, 6.45) is 5.57. The highest BCUT2D eigenvalue weighted by atomic mass is 32.1. The standard InChI is InChI=1S/C16H18N2OS/c1-2-8-17-14(12-7-9-19-11-12)10-16-18-13-5-3-4-6-15(13)20-16/h3-7,9,11,14,17H,2,8,10H2,1H3. The van der Waals surface area contributed by atoms with Gasteiger partial charge in [0.25, 0.3) is 0 Å². The number of furan rings is 1. The van der Waals surface area contributed by atoms with Gasteiger partial charge in [-0.05, 0) is 31.2 Å². The van der Waals surface area contributed by atoms with Crippen molar-refractivity contribution in [2.75, 3.05) is 6.54 Å². The Morgan fingerprint density at radius 2 is 2.20 bits per heavy atom. The molecule has 0 fully saturated rings. The van der Waals surface area contributed by atoms with Crippen molar-refractivity contribution in [3.63, 3.8) is 0 Å². The molecule has 2 aromatic heterocycles. The first-order valence-corrected chi connectivity index (χ1v) is 7.78. The number of nitrogens with one attached hydrogen (secondary N) is 1. The molecule has 1 N–H and O–H groups in total. The third-order valence-electron chi connectivity index (χ3n) is 3.30. The molecule has 1 unspecified atom stereocenters. The molecule has 0 radical (unpaired) electrons. The van der Waals surface area contributed by atoms with Crippen molar-refractivity contribution < 1.29 is 4.42 Å². The van der Waals surface area contributed by atoms with Gasteiger partial charge in [0.05, 0.1) is 27.8 Å². The van der Waals surface area contributed by atoms with E-state index in [1.165, 1.54) is 15.3 Å². The molecule has 0 spiro atoms. The molecule has 0 aliphatic carbocycles. The smallest absolute Gasteiger partial charge is 0.0957 e. The van der Waals surface area contributed by atoms with Gasteiger partial charge in [0.2, 0.25) is 0 Å². The summed E-state index contributed by atoms with van der Waals surface area (Å²) in [5.41, 5.74) is 2.28. The highest BCUT2D eigenvalue weighted by molar-refractivity contribution is 7.18. The topological polar surface area (TPSA) is 38.1 Å². The lowest BCUT2D eigenvalue weighted by atomic mass is 10.1. The zero-order valence-electron chi connectivity index (χ0n) is 11.5. The number of aromatic nitrogens is 1. The first-order valence-electron chi connectivity index (χ1n) is 6.96. The predicted octanol–water partition coefficient (Wildman–Crippen LogP) is 4.17. The van der Waals surface area contributed by atoms with Crippen molar-refractivity contribution in [1.29, 1.82) is 0 Å². The summed E-state index contributed by atoms with van der Waals surface area (Å²) >= 11 is 1.77. The predicted molar refractivity (Wildman–Crippen MR) is 83.1 cm³/mol. The highest BCUT2D eigenvalue weighted by Gasteiger charge is 2.15. The number of rotatable bonds is 6. The van der Waals surface area contributed by atoms with Crippen molar-refractivity contribution in [3.05, 3.63) is 53.4 Å².